The van der Waals surface area contributed by atoms with Crippen LogP contribution in [0.5, 0.6) is 0 Å². The first kappa shape index (κ1) is 22.9. The molecule has 4 aromatic rings. The van der Waals surface area contributed by atoms with Crippen LogP contribution in [-0.4, -0.2) is 56.1 Å². The van der Waals surface area contributed by atoms with E-state index in [4.69, 9.17) is 11.6 Å². The number of hydrogen-bond donors (Lipinski definition) is 2. The molecule has 9 heteroatoms. The lowest BCUT2D eigenvalue weighted by atomic mass is 10.1. The molecule has 3 heterocycles. The van der Waals surface area contributed by atoms with E-state index < -0.39 is 0 Å². The second kappa shape index (κ2) is 10.1. The molecule has 1 fully saturated rings. The number of hydrogen-bond acceptors (Lipinski definition) is 5. The van der Waals surface area contributed by atoms with Crippen molar-refractivity contribution in [3.8, 4) is 11.3 Å². The van der Waals surface area contributed by atoms with Gasteiger partial charge in [-0.25, -0.2) is 9.97 Å². The SMILES string of the molecule is O=C(Nc1ccc(-c2cnc3c(NC4CCN(C(=O)CCl)CC4)nccn23)cc1)c1ccccc1. The Hall–Kier alpha value is -3.91. The molecule has 0 saturated carbocycles. The van der Waals surface area contributed by atoms with E-state index in [1.807, 2.05) is 59.3 Å². The zero-order valence-corrected chi connectivity index (χ0v) is 19.8. The Labute approximate surface area is 208 Å². The van der Waals surface area contributed by atoms with Gasteiger partial charge in [0.2, 0.25) is 5.91 Å². The van der Waals surface area contributed by atoms with Crippen molar-refractivity contribution in [2.45, 2.75) is 18.9 Å². The minimum atomic E-state index is -0.146. The lowest BCUT2D eigenvalue weighted by Crippen LogP contribution is -2.43. The Balaban J connectivity index is 1.29. The smallest absolute Gasteiger partial charge is 0.255 e. The maximum absolute atomic E-state index is 12.4. The largest absolute Gasteiger partial charge is 0.364 e. The summed E-state index contributed by atoms with van der Waals surface area (Å²) >= 11 is 5.68. The van der Waals surface area contributed by atoms with Crippen LogP contribution in [0.2, 0.25) is 0 Å². The number of carbonyl (C=O) groups is 2. The zero-order chi connectivity index (χ0) is 24.2. The minimum Gasteiger partial charge on any atom is -0.364 e. The first-order valence-corrected chi connectivity index (χ1v) is 12.0. The molecule has 8 nitrogen and oxygen atoms in total. The van der Waals surface area contributed by atoms with Crippen LogP contribution >= 0.6 is 11.6 Å². The number of aromatic nitrogens is 3. The number of nitrogens with one attached hydrogen (secondary N) is 2. The van der Waals surface area contributed by atoms with E-state index in [0.717, 1.165) is 35.4 Å². The van der Waals surface area contributed by atoms with Gasteiger partial charge in [0.1, 0.15) is 5.88 Å². The van der Waals surface area contributed by atoms with Gasteiger partial charge in [0.25, 0.3) is 5.91 Å². The zero-order valence-electron chi connectivity index (χ0n) is 19.0. The van der Waals surface area contributed by atoms with Crippen molar-refractivity contribution in [1.29, 1.82) is 0 Å². The van der Waals surface area contributed by atoms with Gasteiger partial charge >= 0.3 is 0 Å². The van der Waals surface area contributed by atoms with Crippen LogP contribution in [-0.2, 0) is 4.79 Å². The normalized spacial score (nSPS) is 14.1. The number of nitrogens with zero attached hydrogens (tertiary/aromatic N) is 4. The highest BCUT2D eigenvalue weighted by atomic mass is 35.5. The van der Waals surface area contributed by atoms with E-state index >= 15 is 0 Å². The van der Waals surface area contributed by atoms with Gasteiger partial charge < -0.3 is 15.5 Å². The molecule has 2 aromatic heterocycles. The van der Waals surface area contributed by atoms with E-state index in [1.54, 1.807) is 23.2 Å². The van der Waals surface area contributed by atoms with Crippen molar-refractivity contribution in [1.82, 2.24) is 19.3 Å². The molecule has 2 N–H and O–H groups in total. The number of amides is 2. The Bertz CT molecular complexity index is 1330. The lowest BCUT2D eigenvalue weighted by Gasteiger charge is -2.32. The monoisotopic (exact) mass is 488 g/mol. The summed E-state index contributed by atoms with van der Waals surface area (Å²) in [5, 5.41) is 6.42. The Morgan fingerprint density at radius 1 is 1.00 bits per heavy atom. The lowest BCUT2D eigenvalue weighted by molar-refractivity contribution is -0.129. The fourth-order valence-electron chi connectivity index (χ4n) is 4.30. The van der Waals surface area contributed by atoms with Crippen LogP contribution < -0.4 is 10.6 Å². The Morgan fingerprint density at radius 3 is 2.46 bits per heavy atom. The summed E-state index contributed by atoms with van der Waals surface area (Å²) in [6, 6.07) is 17.0. The van der Waals surface area contributed by atoms with Crippen LogP contribution in [0.4, 0.5) is 11.5 Å². The number of benzene rings is 2. The number of piperidine rings is 1. The highest BCUT2D eigenvalue weighted by molar-refractivity contribution is 6.27. The second-order valence-corrected chi connectivity index (χ2v) is 8.71. The summed E-state index contributed by atoms with van der Waals surface area (Å²) in [5.41, 5.74) is 3.97. The number of alkyl halides is 1. The van der Waals surface area contributed by atoms with Crippen LogP contribution in [0.25, 0.3) is 16.9 Å². The van der Waals surface area contributed by atoms with Crippen molar-refractivity contribution in [2.75, 3.05) is 29.6 Å². The van der Waals surface area contributed by atoms with Crippen molar-refractivity contribution >= 4 is 40.6 Å². The van der Waals surface area contributed by atoms with E-state index in [-0.39, 0.29) is 23.7 Å². The Kier molecular flexibility index (Phi) is 6.63. The van der Waals surface area contributed by atoms with Crippen molar-refractivity contribution in [2.24, 2.45) is 0 Å². The fraction of sp³-hybridized carbons (Fsp3) is 0.231. The van der Waals surface area contributed by atoms with Gasteiger partial charge in [-0.05, 0) is 37.1 Å². The number of carbonyl (C=O) groups excluding carboxylic acids is 2. The maximum atomic E-state index is 12.4. The van der Waals surface area contributed by atoms with Gasteiger partial charge in [-0.2, -0.15) is 0 Å². The number of fused-ring (bicyclic) bond motifs is 1. The molecular weight excluding hydrogens is 464 g/mol. The molecule has 0 aliphatic carbocycles. The molecule has 2 amide bonds. The average Bonchev–Trinajstić information content (AvgIpc) is 3.35. The molecule has 178 valence electrons. The van der Waals surface area contributed by atoms with Crippen LogP contribution in [0.1, 0.15) is 23.2 Å². The van der Waals surface area contributed by atoms with E-state index in [1.165, 1.54) is 0 Å². The molecule has 0 atom stereocenters. The van der Waals surface area contributed by atoms with Gasteiger partial charge in [0.15, 0.2) is 11.5 Å². The molecule has 1 aliphatic heterocycles. The van der Waals surface area contributed by atoms with Crippen molar-refractivity contribution in [3.05, 3.63) is 78.8 Å². The summed E-state index contributed by atoms with van der Waals surface area (Å²) in [4.78, 5) is 35.1. The molecule has 5 rings (SSSR count). The third-order valence-electron chi connectivity index (χ3n) is 6.21. The first-order valence-electron chi connectivity index (χ1n) is 11.5. The molecular formula is C26H25ClN6O2. The molecule has 1 saturated heterocycles. The highest BCUT2D eigenvalue weighted by Gasteiger charge is 2.23. The molecule has 35 heavy (non-hydrogen) atoms. The average molecular weight is 489 g/mol. The topological polar surface area (TPSA) is 91.6 Å². The molecule has 0 bridgehead atoms. The predicted octanol–water partition coefficient (Wildman–Crippen LogP) is 4.29. The number of rotatable bonds is 6. The molecule has 0 radical (unpaired) electrons. The molecule has 0 unspecified atom stereocenters. The van der Waals surface area contributed by atoms with E-state index in [9.17, 15) is 9.59 Å². The quantitative estimate of drug-likeness (QED) is 0.395. The predicted molar refractivity (Wildman–Crippen MR) is 137 cm³/mol. The van der Waals surface area contributed by atoms with Gasteiger partial charge in [0, 0.05) is 48.3 Å². The summed E-state index contributed by atoms with van der Waals surface area (Å²) in [7, 11) is 0. The summed E-state index contributed by atoms with van der Waals surface area (Å²) in [5.74, 6) is 0.574. The number of imidazole rings is 1. The molecule has 2 aromatic carbocycles. The third-order valence-corrected chi connectivity index (χ3v) is 6.43. The van der Waals surface area contributed by atoms with Crippen LogP contribution in [0, 0.1) is 0 Å². The van der Waals surface area contributed by atoms with Gasteiger partial charge in [-0.1, -0.05) is 30.3 Å². The molecule has 1 aliphatic rings. The van der Waals surface area contributed by atoms with E-state index in [0.29, 0.717) is 24.5 Å². The first-order chi connectivity index (χ1) is 17.1. The van der Waals surface area contributed by atoms with Gasteiger partial charge in [-0.15, -0.1) is 11.6 Å². The van der Waals surface area contributed by atoms with Crippen LogP contribution in [0.15, 0.2) is 73.2 Å². The van der Waals surface area contributed by atoms with E-state index in [2.05, 4.69) is 20.6 Å². The summed E-state index contributed by atoms with van der Waals surface area (Å²) in [6.07, 6.45) is 7.11. The molecule has 0 spiro atoms. The fourth-order valence-corrected chi connectivity index (χ4v) is 4.47. The summed E-state index contributed by atoms with van der Waals surface area (Å²) in [6.45, 7) is 1.36. The summed E-state index contributed by atoms with van der Waals surface area (Å²) < 4.78 is 2.00. The number of anilines is 2. The Morgan fingerprint density at radius 2 is 1.74 bits per heavy atom. The highest BCUT2D eigenvalue weighted by Crippen LogP contribution is 2.26. The van der Waals surface area contributed by atoms with Gasteiger partial charge in [-0.3, -0.25) is 14.0 Å². The second-order valence-electron chi connectivity index (χ2n) is 8.44. The van der Waals surface area contributed by atoms with Crippen molar-refractivity contribution in [3.63, 3.8) is 0 Å². The number of halogens is 1. The minimum absolute atomic E-state index is 0.0195. The van der Waals surface area contributed by atoms with Gasteiger partial charge in [0.05, 0.1) is 11.9 Å². The maximum Gasteiger partial charge on any atom is 0.255 e. The standard InChI is InChI=1S/C26H25ClN6O2/c27-16-23(34)32-13-10-21(11-14-32)30-24-25-29-17-22(33(25)15-12-28-24)18-6-8-20(9-7-18)31-26(35)19-4-2-1-3-5-19/h1-9,12,15,17,21H,10-11,13-14,16H2,(H,28,30)(H,31,35). The van der Waals surface area contributed by atoms with Crippen LogP contribution in [0.3, 0.4) is 0 Å². The number of likely N-dealkylation sites (tertiary alicyclic amines) is 1. The van der Waals surface area contributed by atoms with Crippen molar-refractivity contribution < 1.29 is 9.59 Å². The third kappa shape index (κ3) is 4.97.